The highest BCUT2D eigenvalue weighted by molar-refractivity contribution is 6.23. The van der Waals surface area contributed by atoms with Gasteiger partial charge in [0, 0.05) is 44.3 Å². The SMILES string of the molecule is Cc1cc(N(c2cc(C)c(C)c(C)c2)c2c3ccc(CC4CCCCC4)cc3c(N(c3cc(C)c(C)c(C)c3)c3cc(C)c(C)c(C)c3)c3ccc(CC4CCCCC4)cc23)cc(C)c1C. The van der Waals surface area contributed by atoms with Gasteiger partial charge in [0.05, 0.1) is 11.4 Å². The smallest absolute Gasteiger partial charge is 0.0620 e. The molecule has 0 N–H and O–H groups in total. The van der Waals surface area contributed by atoms with Crippen LogP contribution < -0.4 is 9.80 Å². The van der Waals surface area contributed by atoms with Crippen LogP contribution in [0.5, 0.6) is 0 Å². The quantitative estimate of drug-likeness (QED) is 0.0998. The van der Waals surface area contributed by atoms with Gasteiger partial charge in [0.2, 0.25) is 0 Å². The second-order valence-electron chi connectivity index (χ2n) is 21.4. The maximum absolute atomic E-state index is 2.66. The van der Waals surface area contributed by atoms with Crippen molar-refractivity contribution in [3.05, 3.63) is 163 Å². The molecule has 0 atom stereocenters. The monoisotopic (exact) mass is 873 g/mol. The van der Waals surface area contributed by atoms with Crippen LogP contribution in [-0.4, -0.2) is 0 Å². The number of anilines is 6. The molecule has 0 unspecified atom stereocenters. The Morgan fingerprint density at radius 2 is 0.576 bits per heavy atom. The molecule has 2 heteroatoms. The average Bonchev–Trinajstić information content (AvgIpc) is 3.29. The molecule has 0 spiro atoms. The zero-order valence-corrected chi connectivity index (χ0v) is 42.6. The van der Waals surface area contributed by atoms with Crippen molar-refractivity contribution < 1.29 is 0 Å². The molecule has 2 aliphatic carbocycles. The first-order valence-corrected chi connectivity index (χ1v) is 25.6. The highest BCUT2D eigenvalue weighted by atomic mass is 15.2. The Morgan fingerprint density at radius 3 is 0.833 bits per heavy atom. The van der Waals surface area contributed by atoms with Gasteiger partial charge in [-0.1, -0.05) is 88.5 Å². The summed E-state index contributed by atoms with van der Waals surface area (Å²) in [4.78, 5) is 5.31. The van der Waals surface area contributed by atoms with Crippen LogP contribution in [0.3, 0.4) is 0 Å². The fourth-order valence-corrected chi connectivity index (χ4v) is 11.8. The van der Waals surface area contributed by atoms with Crippen molar-refractivity contribution in [2.24, 2.45) is 11.8 Å². The van der Waals surface area contributed by atoms with Gasteiger partial charge in [0.15, 0.2) is 0 Å². The van der Waals surface area contributed by atoms with Gasteiger partial charge in [-0.15, -0.1) is 0 Å². The van der Waals surface area contributed by atoms with Gasteiger partial charge in [-0.05, 0) is 246 Å². The van der Waals surface area contributed by atoms with Crippen molar-refractivity contribution in [3.8, 4) is 0 Å². The van der Waals surface area contributed by atoms with Crippen LogP contribution in [-0.2, 0) is 12.8 Å². The Morgan fingerprint density at radius 1 is 0.318 bits per heavy atom. The van der Waals surface area contributed by atoms with Gasteiger partial charge in [-0.3, -0.25) is 0 Å². The number of benzene rings is 7. The van der Waals surface area contributed by atoms with Crippen molar-refractivity contribution in [2.45, 2.75) is 160 Å². The van der Waals surface area contributed by atoms with E-state index < -0.39 is 0 Å². The Balaban J connectivity index is 1.46. The lowest BCUT2D eigenvalue weighted by atomic mass is 9.83. The molecule has 2 saturated carbocycles. The summed E-state index contributed by atoms with van der Waals surface area (Å²) in [6.45, 7) is 27.5. The van der Waals surface area contributed by atoms with Crippen LogP contribution >= 0.6 is 0 Å². The lowest BCUT2D eigenvalue weighted by Gasteiger charge is -2.35. The number of nitrogens with zero attached hydrogens (tertiary/aromatic N) is 2. The van der Waals surface area contributed by atoms with Gasteiger partial charge in [0.25, 0.3) is 0 Å². The van der Waals surface area contributed by atoms with Crippen LogP contribution in [0.25, 0.3) is 21.5 Å². The number of hydrogen-bond acceptors (Lipinski definition) is 2. The molecule has 7 aromatic rings. The Kier molecular flexibility index (Phi) is 13.0. The standard InChI is InChI=1S/C64H76N2/c1-39-27-55(28-40(2)47(39)9)65(56-29-41(3)48(10)42(4)30-56)63-59-25-23-54(36-52-21-17-14-18-22-52)38-62(59)64(60-26-24-53(37-61(60)63)35-51-19-15-13-16-20-51)66(57-31-43(5)49(11)44(6)32-57)58-33-45(7)50(12)46(8)34-58/h23-34,37-38,51-52H,13-22,35-36H2,1-12H3. The molecule has 2 aliphatic rings. The largest absolute Gasteiger partial charge is 0.309 e. The lowest BCUT2D eigenvalue weighted by molar-refractivity contribution is 0.357. The highest BCUT2D eigenvalue weighted by Gasteiger charge is 2.29. The molecule has 342 valence electrons. The minimum absolute atomic E-state index is 0.733. The van der Waals surface area contributed by atoms with Gasteiger partial charge in [-0.2, -0.15) is 0 Å². The number of aryl methyl sites for hydroxylation is 8. The summed E-state index contributed by atoms with van der Waals surface area (Å²) >= 11 is 0. The molecule has 0 aliphatic heterocycles. The van der Waals surface area contributed by atoms with Crippen LogP contribution in [0.4, 0.5) is 34.1 Å². The predicted molar refractivity (Wildman–Crippen MR) is 288 cm³/mol. The van der Waals surface area contributed by atoms with Crippen molar-refractivity contribution >= 4 is 55.7 Å². The lowest BCUT2D eigenvalue weighted by Crippen LogP contribution is -2.17. The third-order valence-corrected chi connectivity index (χ3v) is 16.8. The average molecular weight is 873 g/mol. The minimum atomic E-state index is 0.733. The zero-order chi connectivity index (χ0) is 46.6. The van der Waals surface area contributed by atoms with Crippen LogP contribution in [0.1, 0.15) is 142 Å². The molecule has 7 aromatic carbocycles. The number of rotatable bonds is 10. The summed E-state index contributed by atoms with van der Waals surface area (Å²) in [7, 11) is 0. The molecule has 9 rings (SSSR count). The third-order valence-electron chi connectivity index (χ3n) is 16.8. The zero-order valence-electron chi connectivity index (χ0n) is 42.6. The first-order valence-electron chi connectivity index (χ1n) is 25.6. The molecule has 0 bridgehead atoms. The van der Waals surface area contributed by atoms with Gasteiger partial charge >= 0.3 is 0 Å². The Bertz CT molecular complexity index is 2560. The topological polar surface area (TPSA) is 6.48 Å². The van der Waals surface area contributed by atoms with E-state index in [0.29, 0.717) is 0 Å². The van der Waals surface area contributed by atoms with Gasteiger partial charge in [0.1, 0.15) is 0 Å². The molecule has 0 radical (unpaired) electrons. The van der Waals surface area contributed by atoms with Crippen molar-refractivity contribution in [2.75, 3.05) is 9.80 Å². The summed E-state index contributed by atoms with van der Waals surface area (Å²) in [6, 6.07) is 34.9. The summed E-state index contributed by atoms with van der Waals surface area (Å²) in [5.74, 6) is 1.47. The summed E-state index contributed by atoms with van der Waals surface area (Å²) in [5.41, 5.74) is 26.5. The molecule has 2 nitrogen and oxygen atoms in total. The number of fused-ring (bicyclic) bond motifs is 2. The Hall–Kier alpha value is -5.34. The second-order valence-corrected chi connectivity index (χ2v) is 21.4. The van der Waals surface area contributed by atoms with Crippen LogP contribution in [0, 0.1) is 94.9 Å². The van der Waals surface area contributed by atoms with E-state index in [1.807, 2.05) is 0 Å². The highest BCUT2D eigenvalue weighted by Crippen LogP contribution is 2.53. The van der Waals surface area contributed by atoms with E-state index in [1.165, 1.54) is 198 Å². The fraction of sp³-hybridized carbons (Fsp3) is 0.406. The molecule has 0 amide bonds. The molecular formula is C64H76N2. The predicted octanol–water partition coefficient (Wildman–Crippen LogP) is 18.9. The molecule has 66 heavy (non-hydrogen) atoms. The fourth-order valence-electron chi connectivity index (χ4n) is 11.8. The second kappa shape index (κ2) is 18.7. The van der Waals surface area contributed by atoms with E-state index in [4.69, 9.17) is 0 Å². The first-order chi connectivity index (χ1) is 31.7. The van der Waals surface area contributed by atoms with Crippen LogP contribution in [0.2, 0.25) is 0 Å². The summed E-state index contributed by atoms with van der Waals surface area (Å²) in [5, 5.41) is 5.25. The minimum Gasteiger partial charge on any atom is -0.309 e. The van der Waals surface area contributed by atoms with E-state index >= 15 is 0 Å². The van der Waals surface area contributed by atoms with E-state index in [9.17, 15) is 0 Å². The van der Waals surface area contributed by atoms with Crippen molar-refractivity contribution in [3.63, 3.8) is 0 Å². The summed E-state index contributed by atoms with van der Waals surface area (Å²) in [6.07, 6.45) is 15.8. The van der Waals surface area contributed by atoms with Crippen LogP contribution in [0.15, 0.2) is 84.9 Å². The number of hydrogen-bond donors (Lipinski definition) is 0. The molecule has 0 heterocycles. The Labute approximate surface area is 398 Å². The van der Waals surface area contributed by atoms with Crippen molar-refractivity contribution in [1.82, 2.24) is 0 Å². The van der Waals surface area contributed by atoms with E-state index in [1.54, 1.807) is 0 Å². The molecule has 2 fully saturated rings. The third kappa shape index (κ3) is 8.82. The molecule has 0 aromatic heterocycles. The first kappa shape index (κ1) is 45.8. The van der Waals surface area contributed by atoms with Crippen molar-refractivity contribution in [1.29, 1.82) is 0 Å². The summed E-state index contributed by atoms with van der Waals surface area (Å²) < 4.78 is 0. The van der Waals surface area contributed by atoms with E-state index in [0.717, 1.165) is 24.7 Å². The van der Waals surface area contributed by atoms with E-state index in [-0.39, 0.29) is 0 Å². The van der Waals surface area contributed by atoms with E-state index in [2.05, 4.69) is 178 Å². The molecular weight excluding hydrogens is 797 g/mol. The molecule has 0 saturated heterocycles. The maximum atomic E-state index is 2.66. The van der Waals surface area contributed by atoms with Gasteiger partial charge < -0.3 is 9.80 Å². The maximum Gasteiger partial charge on any atom is 0.0620 e. The van der Waals surface area contributed by atoms with Gasteiger partial charge in [-0.25, -0.2) is 0 Å². The normalized spacial score (nSPS) is 15.0.